The number of esters is 1. The number of nitrogens with zero attached hydrogens (tertiary/aromatic N) is 1. The van der Waals surface area contributed by atoms with Crippen LogP contribution in [0, 0.1) is 0 Å². The molecule has 34 heavy (non-hydrogen) atoms. The van der Waals surface area contributed by atoms with Crippen molar-refractivity contribution in [1.82, 2.24) is 9.97 Å². The van der Waals surface area contributed by atoms with Crippen molar-refractivity contribution in [3.05, 3.63) is 77.1 Å². The molecule has 0 aliphatic heterocycles. The van der Waals surface area contributed by atoms with E-state index in [9.17, 15) is 9.59 Å². The van der Waals surface area contributed by atoms with E-state index in [0.29, 0.717) is 40.1 Å². The number of halogens is 1. The summed E-state index contributed by atoms with van der Waals surface area (Å²) in [7, 11) is 1.57. The Labute approximate surface area is 200 Å². The molecule has 4 rings (SSSR count). The lowest BCUT2D eigenvalue weighted by Gasteiger charge is -2.10. The normalized spacial score (nSPS) is 10.7. The summed E-state index contributed by atoms with van der Waals surface area (Å²) in [6, 6.07) is 17.3. The number of benzene rings is 3. The van der Waals surface area contributed by atoms with Gasteiger partial charge in [-0.3, -0.25) is 9.59 Å². The van der Waals surface area contributed by atoms with Gasteiger partial charge in [0, 0.05) is 11.8 Å². The molecule has 0 spiro atoms. The third-order valence-electron chi connectivity index (χ3n) is 4.90. The molecular formula is C25H22ClN3O5. The van der Waals surface area contributed by atoms with E-state index in [4.69, 9.17) is 25.8 Å². The number of aromatic nitrogens is 2. The number of carbonyl (C=O) groups is 2. The topological polar surface area (TPSA) is 103 Å². The van der Waals surface area contributed by atoms with Crippen molar-refractivity contribution in [2.24, 2.45) is 0 Å². The highest BCUT2D eigenvalue weighted by atomic mass is 35.5. The van der Waals surface area contributed by atoms with Gasteiger partial charge in [0.25, 0.3) is 5.91 Å². The van der Waals surface area contributed by atoms with E-state index >= 15 is 0 Å². The van der Waals surface area contributed by atoms with Crippen LogP contribution < -0.4 is 14.8 Å². The summed E-state index contributed by atoms with van der Waals surface area (Å²) in [5, 5.41) is 3.17. The van der Waals surface area contributed by atoms with Gasteiger partial charge in [0.2, 0.25) is 0 Å². The van der Waals surface area contributed by atoms with E-state index in [1.807, 2.05) is 0 Å². The molecule has 8 nitrogen and oxygen atoms in total. The summed E-state index contributed by atoms with van der Waals surface area (Å²) in [5.41, 5.74) is 2.68. The third-order valence-corrected chi connectivity index (χ3v) is 5.19. The minimum absolute atomic E-state index is 0.140. The second-order valence-corrected chi connectivity index (χ2v) is 7.70. The van der Waals surface area contributed by atoms with Gasteiger partial charge in [0.1, 0.15) is 17.2 Å². The largest absolute Gasteiger partial charge is 0.497 e. The minimum Gasteiger partial charge on any atom is -0.497 e. The smallest absolute Gasteiger partial charge is 0.310 e. The van der Waals surface area contributed by atoms with Gasteiger partial charge in [0.05, 0.1) is 36.2 Å². The van der Waals surface area contributed by atoms with Crippen LogP contribution in [0.2, 0.25) is 5.02 Å². The number of fused-ring (bicyclic) bond motifs is 1. The van der Waals surface area contributed by atoms with Crippen LogP contribution in [0.15, 0.2) is 60.7 Å². The van der Waals surface area contributed by atoms with Gasteiger partial charge in [-0.1, -0.05) is 17.7 Å². The number of imidazole rings is 1. The number of hydrogen-bond acceptors (Lipinski definition) is 6. The summed E-state index contributed by atoms with van der Waals surface area (Å²) in [5.74, 6) is 1.16. The molecule has 174 valence electrons. The molecule has 9 heteroatoms. The maximum atomic E-state index is 12.6. The van der Waals surface area contributed by atoms with Crippen molar-refractivity contribution in [3.63, 3.8) is 0 Å². The summed E-state index contributed by atoms with van der Waals surface area (Å²) < 4.78 is 16.0. The average Bonchev–Trinajstić information content (AvgIpc) is 3.26. The molecule has 0 aliphatic rings. The van der Waals surface area contributed by atoms with Crippen LogP contribution in [-0.4, -0.2) is 35.6 Å². The van der Waals surface area contributed by atoms with Crippen LogP contribution in [0.3, 0.4) is 0 Å². The Morgan fingerprint density at radius 3 is 2.50 bits per heavy atom. The number of H-pyrrole nitrogens is 1. The standard InChI is InChI=1S/C25H22ClN3O5/c1-3-33-23(30)13-15-4-11-22(19(26)12-15)34-17-7-5-16(6-8-17)27-25(31)24-28-20-10-9-18(32-2)14-21(20)29-24/h4-12,14H,3,13H2,1-2H3,(H,27,31)(H,28,29). The zero-order valence-electron chi connectivity index (χ0n) is 18.6. The number of aromatic amines is 1. The number of amides is 1. The zero-order chi connectivity index (χ0) is 24.1. The lowest BCUT2D eigenvalue weighted by atomic mass is 10.1. The van der Waals surface area contributed by atoms with Gasteiger partial charge in [-0.2, -0.15) is 0 Å². The molecule has 3 aromatic carbocycles. The maximum Gasteiger partial charge on any atom is 0.310 e. The van der Waals surface area contributed by atoms with E-state index < -0.39 is 0 Å². The number of rotatable bonds is 8. The number of hydrogen-bond donors (Lipinski definition) is 2. The van der Waals surface area contributed by atoms with Crippen molar-refractivity contribution in [2.75, 3.05) is 19.0 Å². The number of anilines is 1. The average molecular weight is 480 g/mol. The molecule has 1 aromatic heterocycles. The molecule has 0 aliphatic carbocycles. The Hall–Kier alpha value is -4.04. The van der Waals surface area contributed by atoms with Gasteiger partial charge >= 0.3 is 5.97 Å². The second-order valence-electron chi connectivity index (χ2n) is 7.30. The van der Waals surface area contributed by atoms with Gasteiger partial charge in [-0.25, -0.2) is 4.98 Å². The first kappa shape index (κ1) is 23.1. The molecule has 0 saturated carbocycles. The highest BCUT2D eigenvalue weighted by Gasteiger charge is 2.13. The van der Waals surface area contributed by atoms with Gasteiger partial charge in [-0.05, 0) is 61.0 Å². The first-order valence-electron chi connectivity index (χ1n) is 10.5. The van der Waals surface area contributed by atoms with Crippen LogP contribution in [-0.2, 0) is 16.0 Å². The summed E-state index contributed by atoms with van der Waals surface area (Å²) in [6.07, 6.45) is 0.140. The van der Waals surface area contributed by atoms with Crippen LogP contribution in [0.4, 0.5) is 5.69 Å². The Balaban J connectivity index is 1.39. The fourth-order valence-corrected chi connectivity index (χ4v) is 3.50. The van der Waals surface area contributed by atoms with E-state index in [1.165, 1.54) is 0 Å². The van der Waals surface area contributed by atoms with E-state index in [0.717, 1.165) is 11.1 Å². The van der Waals surface area contributed by atoms with Crippen molar-refractivity contribution in [3.8, 4) is 17.2 Å². The zero-order valence-corrected chi connectivity index (χ0v) is 19.3. The van der Waals surface area contributed by atoms with E-state index in [-0.39, 0.29) is 24.1 Å². The third kappa shape index (κ3) is 5.47. The Bertz CT molecular complexity index is 1330. The summed E-state index contributed by atoms with van der Waals surface area (Å²) in [4.78, 5) is 31.5. The maximum absolute atomic E-state index is 12.6. The van der Waals surface area contributed by atoms with Crippen molar-refractivity contribution in [2.45, 2.75) is 13.3 Å². The summed E-state index contributed by atoms with van der Waals surface area (Å²) in [6.45, 7) is 2.09. The summed E-state index contributed by atoms with van der Waals surface area (Å²) >= 11 is 6.31. The van der Waals surface area contributed by atoms with Gasteiger partial charge < -0.3 is 24.5 Å². The lowest BCUT2D eigenvalue weighted by Crippen LogP contribution is -2.13. The molecule has 0 unspecified atom stereocenters. The predicted octanol–water partition coefficient (Wildman–Crippen LogP) is 5.38. The molecule has 1 amide bonds. The minimum atomic E-state index is -0.371. The quantitative estimate of drug-likeness (QED) is 0.329. The highest BCUT2D eigenvalue weighted by Crippen LogP contribution is 2.31. The van der Waals surface area contributed by atoms with E-state index in [1.54, 1.807) is 74.7 Å². The molecule has 0 bridgehead atoms. The predicted molar refractivity (Wildman–Crippen MR) is 129 cm³/mol. The molecule has 2 N–H and O–H groups in total. The first-order chi connectivity index (χ1) is 16.4. The van der Waals surface area contributed by atoms with Crippen LogP contribution >= 0.6 is 11.6 Å². The fourth-order valence-electron chi connectivity index (χ4n) is 3.26. The Morgan fingerprint density at radius 1 is 1.03 bits per heavy atom. The lowest BCUT2D eigenvalue weighted by molar-refractivity contribution is -0.142. The molecular weight excluding hydrogens is 458 g/mol. The number of ether oxygens (including phenoxy) is 3. The Morgan fingerprint density at radius 2 is 1.79 bits per heavy atom. The van der Waals surface area contributed by atoms with Crippen LogP contribution in [0.1, 0.15) is 23.1 Å². The number of carbonyl (C=O) groups excluding carboxylic acids is 2. The molecule has 1 heterocycles. The van der Waals surface area contributed by atoms with Crippen LogP contribution in [0.25, 0.3) is 11.0 Å². The molecule has 0 radical (unpaired) electrons. The Kier molecular flexibility index (Phi) is 6.98. The molecule has 4 aromatic rings. The van der Waals surface area contributed by atoms with Crippen molar-refractivity contribution < 1.29 is 23.8 Å². The van der Waals surface area contributed by atoms with E-state index in [2.05, 4.69) is 15.3 Å². The van der Waals surface area contributed by atoms with Crippen molar-refractivity contribution in [1.29, 1.82) is 0 Å². The van der Waals surface area contributed by atoms with Gasteiger partial charge in [0.15, 0.2) is 5.82 Å². The van der Waals surface area contributed by atoms with Gasteiger partial charge in [-0.15, -0.1) is 0 Å². The SMILES string of the molecule is CCOC(=O)Cc1ccc(Oc2ccc(NC(=O)c3nc4cc(OC)ccc4[nH]3)cc2)c(Cl)c1. The fraction of sp³-hybridized carbons (Fsp3) is 0.160. The van der Waals surface area contributed by atoms with Crippen molar-refractivity contribution >= 4 is 40.2 Å². The monoisotopic (exact) mass is 479 g/mol. The number of nitrogens with one attached hydrogen (secondary N) is 2. The molecule has 0 saturated heterocycles. The highest BCUT2D eigenvalue weighted by molar-refractivity contribution is 6.32. The van der Waals surface area contributed by atoms with Crippen LogP contribution in [0.5, 0.6) is 17.2 Å². The molecule has 0 atom stereocenters. The number of methoxy groups -OCH3 is 1. The molecule has 0 fully saturated rings. The first-order valence-corrected chi connectivity index (χ1v) is 10.9. The second kappa shape index (κ2) is 10.3.